The Labute approximate surface area is 210 Å². The Morgan fingerprint density at radius 2 is 1.20 bits per heavy atom. The lowest BCUT2D eigenvalue weighted by molar-refractivity contribution is -0.00518. The van der Waals surface area contributed by atoms with Crippen molar-refractivity contribution in [3.8, 4) is 0 Å². The van der Waals surface area contributed by atoms with Crippen LogP contribution in [0.3, 0.4) is 0 Å². The Morgan fingerprint density at radius 1 is 0.743 bits per heavy atom. The van der Waals surface area contributed by atoms with E-state index in [4.69, 9.17) is 17.5 Å². The molecule has 0 aliphatic carbocycles. The molecule has 0 radical (unpaired) electrons. The first-order valence-electron chi connectivity index (χ1n) is 11.3. The lowest BCUT2D eigenvalue weighted by Crippen LogP contribution is -2.67. The zero-order chi connectivity index (χ0) is 26.2. The first kappa shape index (κ1) is 29.6. The summed E-state index contributed by atoms with van der Waals surface area (Å²) in [6, 6.07) is 20.2. The quantitative estimate of drug-likeness (QED) is 0.203. The maximum atomic E-state index is 11.4. The molecule has 2 aromatic rings. The van der Waals surface area contributed by atoms with E-state index in [2.05, 4.69) is 45.0 Å². The van der Waals surface area contributed by atoms with Crippen LogP contribution in [0.4, 0.5) is 0 Å². The lowest BCUT2D eigenvalue weighted by atomic mass is 10.2. The minimum Gasteiger partial charge on any atom is -0.405 e. The molecule has 0 unspecified atom stereocenters. The molecular formula is C24H36O8S2Si. The van der Waals surface area contributed by atoms with Gasteiger partial charge in [0.05, 0.1) is 45.0 Å². The van der Waals surface area contributed by atoms with Crippen LogP contribution in [0.25, 0.3) is 0 Å². The van der Waals surface area contributed by atoms with Crippen molar-refractivity contribution in [3.63, 3.8) is 0 Å². The summed E-state index contributed by atoms with van der Waals surface area (Å²) >= 11 is 0. The first-order chi connectivity index (χ1) is 16.2. The molecule has 0 aliphatic rings. The Hall–Kier alpha value is -1.60. The minimum atomic E-state index is -3.61. The van der Waals surface area contributed by atoms with Crippen molar-refractivity contribution in [1.29, 1.82) is 0 Å². The lowest BCUT2D eigenvalue weighted by Gasteiger charge is -2.43. The van der Waals surface area contributed by atoms with Gasteiger partial charge in [0.15, 0.2) is 0 Å². The molecule has 0 spiro atoms. The zero-order valence-corrected chi connectivity index (χ0v) is 23.6. The van der Waals surface area contributed by atoms with E-state index >= 15 is 0 Å². The highest BCUT2D eigenvalue weighted by atomic mass is 32.2. The number of rotatable bonds is 14. The Balaban J connectivity index is 2.33. The maximum Gasteiger partial charge on any atom is 0.264 e. The molecule has 0 saturated heterocycles. The fourth-order valence-corrected chi connectivity index (χ4v) is 9.29. The molecule has 0 bridgehead atoms. The topological polar surface area (TPSA) is 105 Å². The summed E-state index contributed by atoms with van der Waals surface area (Å²) in [5.74, 6) is 0. The molecule has 0 N–H and O–H groups in total. The second-order valence-corrected chi connectivity index (χ2v) is 16.9. The minimum absolute atomic E-state index is 0.000713. The molecule has 0 aromatic heterocycles. The van der Waals surface area contributed by atoms with E-state index in [0.29, 0.717) is 0 Å². The van der Waals surface area contributed by atoms with Gasteiger partial charge in [0.2, 0.25) is 0 Å². The van der Waals surface area contributed by atoms with Gasteiger partial charge in [-0.3, -0.25) is 8.37 Å². The van der Waals surface area contributed by atoms with E-state index in [1.165, 1.54) is 0 Å². The molecule has 35 heavy (non-hydrogen) atoms. The van der Waals surface area contributed by atoms with Crippen LogP contribution in [0.5, 0.6) is 0 Å². The van der Waals surface area contributed by atoms with Crippen molar-refractivity contribution >= 4 is 38.9 Å². The van der Waals surface area contributed by atoms with Crippen LogP contribution in [0.15, 0.2) is 60.7 Å². The van der Waals surface area contributed by atoms with Gasteiger partial charge in [-0.15, -0.1) is 0 Å². The predicted octanol–water partition coefficient (Wildman–Crippen LogP) is 2.29. The maximum absolute atomic E-state index is 11.4. The Kier molecular flexibility index (Phi) is 10.6. The van der Waals surface area contributed by atoms with Crippen LogP contribution in [0.2, 0.25) is 5.04 Å². The number of hydrogen-bond donors (Lipinski definition) is 0. The fourth-order valence-electron chi connectivity index (χ4n) is 3.93. The van der Waals surface area contributed by atoms with Gasteiger partial charge < -0.3 is 9.16 Å². The van der Waals surface area contributed by atoms with Gasteiger partial charge in [0.25, 0.3) is 28.6 Å². The molecular weight excluding hydrogens is 508 g/mol. The van der Waals surface area contributed by atoms with Gasteiger partial charge in [-0.2, -0.15) is 16.8 Å². The normalized spacial score (nSPS) is 14.1. The van der Waals surface area contributed by atoms with E-state index in [1.807, 2.05) is 36.4 Å². The second kappa shape index (κ2) is 12.6. The molecule has 0 fully saturated rings. The molecule has 0 aliphatic heterocycles. The Bertz CT molecular complexity index is 1080. The highest BCUT2D eigenvalue weighted by molar-refractivity contribution is 7.86. The van der Waals surface area contributed by atoms with Crippen molar-refractivity contribution < 1.29 is 34.4 Å². The first-order valence-corrected chi connectivity index (χ1v) is 16.8. The van der Waals surface area contributed by atoms with E-state index in [0.717, 1.165) is 22.9 Å². The fraction of sp³-hybridized carbons (Fsp3) is 0.500. The molecule has 2 aromatic carbocycles. The third kappa shape index (κ3) is 9.41. The average Bonchev–Trinajstić information content (AvgIpc) is 2.75. The standard InChI is InChI=1S/C24H36O8S2Si/c1-24(2,3)35(22-12-8-6-9-13-22,23-14-10-7-11-15-23)32-20-21(16-17-30-33(4,25)26)29-18-19-31-34(5,27)28/h6-15,21H,16-20H2,1-5H3/t21-/m0/s1. The van der Waals surface area contributed by atoms with Gasteiger partial charge in [-0.1, -0.05) is 81.4 Å². The molecule has 0 heterocycles. The van der Waals surface area contributed by atoms with Crippen LogP contribution >= 0.6 is 0 Å². The van der Waals surface area contributed by atoms with E-state index in [1.54, 1.807) is 0 Å². The highest BCUT2D eigenvalue weighted by Crippen LogP contribution is 2.37. The summed E-state index contributed by atoms with van der Waals surface area (Å²) in [5.41, 5.74) is 0. The van der Waals surface area contributed by atoms with Crippen LogP contribution in [-0.2, 0) is 37.8 Å². The number of ether oxygens (including phenoxy) is 1. The largest absolute Gasteiger partial charge is 0.405 e. The van der Waals surface area contributed by atoms with E-state index in [9.17, 15) is 16.8 Å². The average molecular weight is 545 g/mol. The molecule has 11 heteroatoms. The van der Waals surface area contributed by atoms with Crippen molar-refractivity contribution in [2.75, 3.05) is 38.9 Å². The van der Waals surface area contributed by atoms with Gasteiger partial charge in [0, 0.05) is 6.42 Å². The smallest absolute Gasteiger partial charge is 0.264 e. The molecule has 0 amide bonds. The summed E-state index contributed by atoms with van der Waals surface area (Å²) < 4.78 is 67.8. The molecule has 1 atom stereocenters. The van der Waals surface area contributed by atoms with Crippen LogP contribution in [0.1, 0.15) is 27.2 Å². The summed E-state index contributed by atoms with van der Waals surface area (Å²) in [6.45, 7) is 6.40. The number of benzene rings is 2. The number of hydrogen-bond acceptors (Lipinski definition) is 8. The summed E-state index contributed by atoms with van der Waals surface area (Å²) in [4.78, 5) is 0. The molecule has 8 nitrogen and oxygen atoms in total. The molecule has 196 valence electrons. The SMILES string of the molecule is CC(C)(C)[Si](OC[C@H](CCOS(C)(=O)=O)OCCOS(C)(=O)=O)(c1ccccc1)c1ccccc1. The third-order valence-electron chi connectivity index (χ3n) is 5.37. The van der Waals surface area contributed by atoms with Crippen LogP contribution in [0, 0.1) is 0 Å². The summed E-state index contributed by atoms with van der Waals surface area (Å²) in [6.07, 6.45) is 1.66. The molecule has 0 saturated carbocycles. The monoisotopic (exact) mass is 544 g/mol. The third-order valence-corrected chi connectivity index (χ3v) is 11.6. The van der Waals surface area contributed by atoms with Crippen LogP contribution < -0.4 is 10.4 Å². The van der Waals surface area contributed by atoms with Crippen molar-refractivity contribution in [3.05, 3.63) is 60.7 Å². The van der Waals surface area contributed by atoms with Crippen molar-refractivity contribution in [1.82, 2.24) is 0 Å². The van der Waals surface area contributed by atoms with Gasteiger partial charge in [0.1, 0.15) is 0 Å². The zero-order valence-electron chi connectivity index (χ0n) is 21.0. The van der Waals surface area contributed by atoms with Gasteiger partial charge >= 0.3 is 0 Å². The summed E-state index contributed by atoms with van der Waals surface area (Å²) in [7, 11) is -10.0. The van der Waals surface area contributed by atoms with E-state index < -0.39 is 34.7 Å². The van der Waals surface area contributed by atoms with Crippen LogP contribution in [-0.4, -0.2) is 70.2 Å². The van der Waals surface area contributed by atoms with Crippen molar-refractivity contribution in [2.45, 2.75) is 38.3 Å². The second-order valence-electron chi connectivity index (χ2n) is 9.31. The molecule has 2 rings (SSSR count). The Morgan fingerprint density at radius 3 is 1.63 bits per heavy atom. The van der Waals surface area contributed by atoms with E-state index in [-0.39, 0.29) is 37.9 Å². The predicted molar refractivity (Wildman–Crippen MR) is 140 cm³/mol. The van der Waals surface area contributed by atoms with Gasteiger partial charge in [-0.25, -0.2) is 0 Å². The van der Waals surface area contributed by atoms with Gasteiger partial charge in [-0.05, 0) is 15.4 Å². The van der Waals surface area contributed by atoms with Crippen molar-refractivity contribution in [2.24, 2.45) is 0 Å². The highest BCUT2D eigenvalue weighted by Gasteiger charge is 2.50. The summed E-state index contributed by atoms with van der Waals surface area (Å²) in [5, 5.41) is 1.96.